The van der Waals surface area contributed by atoms with Crippen molar-refractivity contribution < 1.29 is 9.21 Å². The number of rotatable bonds is 4. The molecule has 1 aromatic heterocycles. The number of hydrogen-bond donors (Lipinski definition) is 2. The third kappa shape index (κ3) is 2.22. The fourth-order valence-electron chi connectivity index (χ4n) is 1.66. The van der Waals surface area contributed by atoms with Gasteiger partial charge in [-0.3, -0.25) is 4.79 Å². The van der Waals surface area contributed by atoms with Gasteiger partial charge in [-0.05, 0) is 19.1 Å². The summed E-state index contributed by atoms with van der Waals surface area (Å²) in [5.41, 5.74) is 7.64. The Morgan fingerprint density at radius 2 is 2.33 bits per heavy atom. The van der Waals surface area contributed by atoms with Gasteiger partial charge in [0.15, 0.2) is 5.58 Å². The average Bonchev–Trinajstić information content (AvgIpc) is 2.80. The fourth-order valence-corrected chi connectivity index (χ4v) is 1.66. The molecular formula is C12H16N4O2. The van der Waals surface area contributed by atoms with E-state index >= 15 is 0 Å². The standard InChI is InChI=1S/C12H16N4O2/c1-3-16(7-10(17)14-2)12-15-11-8(13)5-4-6-9(11)18-12/h4-6H,3,7,13H2,1-2H3,(H,14,17). The molecule has 0 fully saturated rings. The van der Waals surface area contributed by atoms with Crippen molar-refractivity contribution in [1.29, 1.82) is 0 Å². The molecular weight excluding hydrogens is 232 g/mol. The molecule has 6 heteroatoms. The number of oxazole rings is 1. The number of para-hydroxylation sites is 1. The number of nitrogen functional groups attached to an aromatic ring is 1. The highest BCUT2D eigenvalue weighted by Gasteiger charge is 2.16. The SMILES string of the molecule is CCN(CC(=O)NC)c1nc2c(N)cccc2o1. The first-order chi connectivity index (χ1) is 8.65. The van der Waals surface area contributed by atoms with Crippen LogP contribution in [0.3, 0.4) is 0 Å². The summed E-state index contributed by atoms with van der Waals surface area (Å²) in [4.78, 5) is 17.5. The van der Waals surface area contributed by atoms with Crippen LogP contribution in [0.2, 0.25) is 0 Å². The zero-order valence-corrected chi connectivity index (χ0v) is 10.4. The second-order valence-electron chi connectivity index (χ2n) is 3.88. The smallest absolute Gasteiger partial charge is 0.298 e. The van der Waals surface area contributed by atoms with E-state index in [1.165, 1.54) is 0 Å². The van der Waals surface area contributed by atoms with Crippen molar-refractivity contribution in [2.75, 3.05) is 30.8 Å². The van der Waals surface area contributed by atoms with E-state index < -0.39 is 0 Å². The quantitative estimate of drug-likeness (QED) is 0.788. The Morgan fingerprint density at radius 1 is 1.56 bits per heavy atom. The van der Waals surface area contributed by atoms with E-state index in [0.717, 1.165) is 0 Å². The summed E-state index contributed by atoms with van der Waals surface area (Å²) in [5, 5.41) is 2.57. The Hall–Kier alpha value is -2.24. The lowest BCUT2D eigenvalue weighted by molar-refractivity contribution is -0.119. The van der Waals surface area contributed by atoms with E-state index in [2.05, 4.69) is 10.3 Å². The van der Waals surface area contributed by atoms with E-state index in [4.69, 9.17) is 10.2 Å². The van der Waals surface area contributed by atoms with Gasteiger partial charge in [0.1, 0.15) is 12.1 Å². The maximum atomic E-state index is 11.4. The van der Waals surface area contributed by atoms with Gasteiger partial charge >= 0.3 is 0 Å². The molecule has 2 rings (SSSR count). The van der Waals surface area contributed by atoms with E-state index in [0.29, 0.717) is 29.3 Å². The summed E-state index contributed by atoms with van der Waals surface area (Å²) in [6.45, 7) is 2.76. The second kappa shape index (κ2) is 4.95. The lowest BCUT2D eigenvalue weighted by Gasteiger charge is -2.16. The van der Waals surface area contributed by atoms with E-state index in [1.54, 1.807) is 24.1 Å². The van der Waals surface area contributed by atoms with Crippen molar-refractivity contribution in [2.45, 2.75) is 6.92 Å². The molecule has 6 nitrogen and oxygen atoms in total. The summed E-state index contributed by atoms with van der Waals surface area (Å²) < 4.78 is 5.60. The fraction of sp³-hybridized carbons (Fsp3) is 0.333. The molecule has 0 saturated carbocycles. The predicted octanol–water partition coefficient (Wildman–Crippen LogP) is 0.982. The summed E-state index contributed by atoms with van der Waals surface area (Å²) >= 11 is 0. The van der Waals surface area contributed by atoms with Crippen molar-refractivity contribution in [3.63, 3.8) is 0 Å². The minimum Gasteiger partial charge on any atom is -0.423 e. The van der Waals surface area contributed by atoms with E-state index in [9.17, 15) is 4.79 Å². The molecule has 0 bridgehead atoms. The van der Waals surface area contributed by atoms with Gasteiger partial charge in [-0.1, -0.05) is 6.07 Å². The highest BCUT2D eigenvalue weighted by atomic mass is 16.4. The van der Waals surface area contributed by atoms with Gasteiger partial charge in [-0.25, -0.2) is 0 Å². The van der Waals surface area contributed by atoms with Crippen molar-refractivity contribution in [3.8, 4) is 0 Å². The first kappa shape index (κ1) is 12.2. The minimum absolute atomic E-state index is 0.0907. The van der Waals surface area contributed by atoms with Crippen LogP contribution < -0.4 is 16.0 Å². The first-order valence-electron chi connectivity index (χ1n) is 5.76. The zero-order valence-electron chi connectivity index (χ0n) is 10.4. The molecule has 0 unspecified atom stereocenters. The summed E-state index contributed by atoms with van der Waals surface area (Å²) in [6.07, 6.45) is 0. The van der Waals surface area contributed by atoms with Gasteiger partial charge in [0.2, 0.25) is 5.91 Å². The van der Waals surface area contributed by atoms with Gasteiger partial charge in [-0.15, -0.1) is 0 Å². The van der Waals surface area contributed by atoms with Gasteiger partial charge in [0.25, 0.3) is 6.01 Å². The predicted molar refractivity (Wildman–Crippen MR) is 70.4 cm³/mol. The molecule has 3 N–H and O–H groups in total. The third-order valence-electron chi connectivity index (χ3n) is 2.70. The van der Waals surface area contributed by atoms with Crippen molar-refractivity contribution >= 4 is 28.7 Å². The summed E-state index contributed by atoms with van der Waals surface area (Å²) in [5.74, 6) is -0.0907. The van der Waals surface area contributed by atoms with E-state index in [-0.39, 0.29) is 12.5 Å². The highest BCUT2D eigenvalue weighted by molar-refractivity contribution is 5.87. The number of anilines is 2. The molecule has 18 heavy (non-hydrogen) atoms. The van der Waals surface area contributed by atoms with Crippen LogP contribution in [0.5, 0.6) is 0 Å². The number of hydrogen-bond acceptors (Lipinski definition) is 5. The number of aromatic nitrogens is 1. The molecule has 0 radical (unpaired) electrons. The molecule has 96 valence electrons. The third-order valence-corrected chi connectivity index (χ3v) is 2.70. The number of nitrogens with one attached hydrogen (secondary N) is 1. The molecule has 0 aliphatic carbocycles. The van der Waals surface area contributed by atoms with Gasteiger partial charge in [0, 0.05) is 13.6 Å². The molecule has 0 aliphatic rings. The number of nitrogens with zero attached hydrogens (tertiary/aromatic N) is 2. The number of benzene rings is 1. The molecule has 2 aromatic rings. The monoisotopic (exact) mass is 248 g/mol. The first-order valence-corrected chi connectivity index (χ1v) is 5.76. The Morgan fingerprint density at radius 3 is 2.94 bits per heavy atom. The van der Waals surface area contributed by atoms with Crippen LogP contribution in [0.25, 0.3) is 11.1 Å². The molecule has 1 aromatic carbocycles. The lowest BCUT2D eigenvalue weighted by atomic mass is 10.3. The molecule has 1 amide bonds. The largest absolute Gasteiger partial charge is 0.423 e. The van der Waals surface area contributed by atoms with Crippen molar-refractivity contribution in [1.82, 2.24) is 10.3 Å². The van der Waals surface area contributed by atoms with Crippen LogP contribution >= 0.6 is 0 Å². The van der Waals surface area contributed by atoms with Crippen LogP contribution in [0.15, 0.2) is 22.6 Å². The number of amides is 1. The molecule has 0 saturated heterocycles. The zero-order chi connectivity index (χ0) is 13.1. The van der Waals surface area contributed by atoms with Crippen molar-refractivity contribution in [3.05, 3.63) is 18.2 Å². The number of carbonyl (C=O) groups is 1. The Bertz CT molecular complexity index is 564. The van der Waals surface area contributed by atoms with Crippen LogP contribution in [-0.2, 0) is 4.79 Å². The normalized spacial score (nSPS) is 10.6. The van der Waals surface area contributed by atoms with Crippen LogP contribution in [0, 0.1) is 0 Å². The van der Waals surface area contributed by atoms with Crippen LogP contribution in [0.1, 0.15) is 6.92 Å². The Kier molecular flexibility index (Phi) is 3.36. The highest BCUT2D eigenvalue weighted by Crippen LogP contribution is 2.25. The Labute approximate surface area is 105 Å². The van der Waals surface area contributed by atoms with Crippen molar-refractivity contribution in [2.24, 2.45) is 0 Å². The average molecular weight is 248 g/mol. The maximum absolute atomic E-state index is 11.4. The van der Waals surface area contributed by atoms with Crippen LogP contribution in [0.4, 0.5) is 11.7 Å². The molecule has 0 aliphatic heterocycles. The number of likely N-dealkylation sites (N-methyl/N-ethyl adjacent to an activating group) is 2. The summed E-state index contributed by atoms with van der Waals surface area (Å²) in [6, 6.07) is 5.79. The molecule has 0 atom stereocenters. The maximum Gasteiger partial charge on any atom is 0.298 e. The Balaban J connectivity index is 2.34. The van der Waals surface area contributed by atoms with E-state index in [1.807, 2.05) is 13.0 Å². The second-order valence-corrected chi connectivity index (χ2v) is 3.88. The number of carbonyl (C=O) groups excluding carboxylic acids is 1. The van der Waals surface area contributed by atoms with Gasteiger partial charge < -0.3 is 20.4 Å². The van der Waals surface area contributed by atoms with Crippen LogP contribution in [-0.4, -0.2) is 31.0 Å². The number of nitrogens with two attached hydrogens (primary N) is 1. The minimum atomic E-state index is -0.0907. The molecule has 1 heterocycles. The summed E-state index contributed by atoms with van der Waals surface area (Å²) in [7, 11) is 1.60. The number of fused-ring (bicyclic) bond motifs is 1. The molecule has 0 spiro atoms. The van der Waals surface area contributed by atoms with Gasteiger partial charge in [0.05, 0.1) is 5.69 Å². The lowest BCUT2D eigenvalue weighted by Crippen LogP contribution is -2.35. The topological polar surface area (TPSA) is 84.4 Å². The van der Waals surface area contributed by atoms with Gasteiger partial charge in [-0.2, -0.15) is 4.98 Å².